The van der Waals surface area contributed by atoms with E-state index in [1.807, 2.05) is 0 Å². The quantitative estimate of drug-likeness (QED) is 0.260. The lowest BCUT2D eigenvalue weighted by molar-refractivity contribution is -0.143. The first-order valence-corrected chi connectivity index (χ1v) is 12.7. The van der Waals surface area contributed by atoms with Crippen LogP contribution in [0.15, 0.2) is 30.3 Å². The van der Waals surface area contributed by atoms with Gasteiger partial charge in [0.25, 0.3) is 0 Å². The molecule has 1 atom stereocenters. The summed E-state index contributed by atoms with van der Waals surface area (Å²) in [5.74, 6) is 0.412. The fourth-order valence-corrected chi connectivity index (χ4v) is 4.48. The predicted molar refractivity (Wildman–Crippen MR) is 136 cm³/mol. The van der Waals surface area contributed by atoms with Crippen LogP contribution in [0.25, 0.3) is 0 Å². The van der Waals surface area contributed by atoms with Gasteiger partial charge in [0.15, 0.2) is 5.52 Å². The first-order valence-electron chi connectivity index (χ1n) is 11.7. The molecule has 0 bridgehead atoms. The fourth-order valence-electron chi connectivity index (χ4n) is 3.37. The Hall–Kier alpha value is -2.48. The first kappa shape index (κ1) is 31.7. The highest BCUT2D eigenvalue weighted by Gasteiger charge is 2.43. The number of halogens is 6. The number of carbonyl (C=O) groups is 1. The smallest absolute Gasteiger partial charge is 0.417 e. The molecule has 1 unspecified atom stereocenters. The summed E-state index contributed by atoms with van der Waals surface area (Å²) >= 11 is 0. The Bertz CT molecular complexity index is 1100. The Labute approximate surface area is 220 Å². The molecule has 0 heterocycles. The van der Waals surface area contributed by atoms with Crippen molar-refractivity contribution < 1.29 is 45.3 Å². The zero-order valence-electron chi connectivity index (χ0n) is 22.8. The summed E-state index contributed by atoms with van der Waals surface area (Å²) in [5.41, 5.74) is -8.42. The molecule has 0 aliphatic heterocycles. The molecule has 0 N–H and O–H groups in total. The molecule has 0 radical (unpaired) electrons. The third-order valence-electron chi connectivity index (χ3n) is 4.44. The molecule has 0 saturated carbocycles. The van der Waals surface area contributed by atoms with E-state index in [4.69, 9.17) is 14.2 Å². The van der Waals surface area contributed by atoms with Gasteiger partial charge in [-0.2, -0.15) is 26.3 Å². The van der Waals surface area contributed by atoms with Gasteiger partial charge in [-0.25, -0.2) is 0 Å². The van der Waals surface area contributed by atoms with Crippen molar-refractivity contribution in [1.82, 2.24) is 0 Å². The van der Waals surface area contributed by atoms with Crippen LogP contribution in [0.2, 0.25) is 0 Å². The summed E-state index contributed by atoms with van der Waals surface area (Å²) in [6.07, 6.45) is -10.4. The fraction of sp³-hybridized carbons (Fsp3) is 0.519. The maximum absolute atomic E-state index is 13.7. The third kappa shape index (κ3) is 9.07. The summed E-state index contributed by atoms with van der Waals surface area (Å²) in [5, 5.41) is 0.0335. The second kappa shape index (κ2) is 10.6. The van der Waals surface area contributed by atoms with Crippen molar-refractivity contribution in [2.45, 2.75) is 91.5 Å². The Kier molecular flexibility index (Phi) is 8.84. The van der Waals surface area contributed by atoms with Crippen molar-refractivity contribution >= 4 is 19.4 Å². The maximum atomic E-state index is 13.7. The summed E-state index contributed by atoms with van der Waals surface area (Å²) in [6.45, 7) is 15.7. The van der Waals surface area contributed by atoms with Crippen LogP contribution < -0.4 is 19.5 Å². The van der Waals surface area contributed by atoms with Crippen LogP contribution in [-0.4, -0.2) is 22.3 Å². The molecular weight excluding hydrogens is 533 g/mol. The molecule has 212 valence electrons. The van der Waals surface area contributed by atoms with Gasteiger partial charge in [-0.1, -0.05) is 6.07 Å². The van der Waals surface area contributed by atoms with Gasteiger partial charge < -0.3 is 14.2 Å². The van der Waals surface area contributed by atoms with Crippen LogP contribution in [0.4, 0.5) is 26.3 Å². The van der Waals surface area contributed by atoms with Gasteiger partial charge in [0, 0.05) is 17.7 Å². The van der Waals surface area contributed by atoms with E-state index < -0.39 is 60.0 Å². The molecule has 0 aromatic heterocycles. The maximum Gasteiger partial charge on any atom is 0.417 e. The minimum absolute atomic E-state index is 0.0335. The molecule has 2 rings (SSSR count). The second-order valence-electron chi connectivity index (χ2n) is 11.6. The molecule has 4 nitrogen and oxygen atoms in total. The van der Waals surface area contributed by atoms with E-state index in [1.54, 1.807) is 62.3 Å². The van der Waals surface area contributed by atoms with Gasteiger partial charge >= 0.3 is 12.4 Å². The van der Waals surface area contributed by atoms with E-state index in [9.17, 15) is 31.1 Å². The van der Waals surface area contributed by atoms with E-state index >= 15 is 0 Å². The van der Waals surface area contributed by atoms with Gasteiger partial charge in [0.2, 0.25) is 0 Å². The Morgan fingerprint density at radius 2 is 1.03 bits per heavy atom. The van der Waals surface area contributed by atoms with Crippen LogP contribution in [0.3, 0.4) is 0 Å². The van der Waals surface area contributed by atoms with Crippen molar-refractivity contribution in [3.05, 3.63) is 47.0 Å². The molecular formula is C27H33F6O4P. The molecule has 11 heteroatoms. The standard InChI is InChI=1S/C27H33F6O4P/c1-23(2,3)35-15-13-18(36-24(4,5)6)21(19(14-15)37-25(7,8)9)38-22(34)20-16(26(28,29)30)11-10-12-17(20)27(31,32)33/h10-14,38H,1-9H3. The number of rotatable bonds is 6. The van der Waals surface area contributed by atoms with Gasteiger partial charge in [-0.15, -0.1) is 0 Å². The van der Waals surface area contributed by atoms with Crippen LogP contribution in [-0.2, 0) is 12.4 Å². The molecule has 2 aromatic carbocycles. The number of hydrogen-bond acceptors (Lipinski definition) is 4. The van der Waals surface area contributed by atoms with E-state index in [1.165, 1.54) is 12.1 Å². The van der Waals surface area contributed by atoms with Crippen LogP contribution >= 0.6 is 8.58 Å². The van der Waals surface area contributed by atoms with Gasteiger partial charge in [-0.3, -0.25) is 4.79 Å². The van der Waals surface area contributed by atoms with Gasteiger partial charge in [0.05, 0.1) is 16.4 Å². The lowest BCUT2D eigenvalue weighted by atomic mass is 10.0. The second-order valence-corrected chi connectivity index (χ2v) is 12.8. The van der Waals surface area contributed by atoms with Crippen LogP contribution in [0, 0.1) is 0 Å². The average molecular weight is 567 g/mol. The normalized spacial score (nSPS) is 13.7. The average Bonchev–Trinajstić information content (AvgIpc) is 2.64. The van der Waals surface area contributed by atoms with Crippen LogP contribution in [0.5, 0.6) is 17.2 Å². The molecule has 0 aliphatic rings. The zero-order chi connectivity index (χ0) is 29.5. The minimum Gasteiger partial charge on any atom is -0.488 e. The summed E-state index contributed by atoms with van der Waals surface area (Å²) in [4.78, 5) is 13.4. The van der Waals surface area contributed by atoms with Gasteiger partial charge in [0.1, 0.15) is 34.1 Å². The van der Waals surface area contributed by atoms with Crippen molar-refractivity contribution in [3.8, 4) is 17.2 Å². The molecule has 0 spiro atoms. The third-order valence-corrected chi connectivity index (χ3v) is 5.66. The van der Waals surface area contributed by atoms with Crippen molar-refractivity contribution in [1.29, 1.82) is 0 Å². The summed E-state index contributed by atoms with van der Waals surface area (Å²) in [6, 6.07) is 4.48. The van der Waals surface area contributed by atoms with E-state index in [0.717, 1.165) is 0 Å². The SMILES string of the molecule is CC(C)(C)Oc1cc(OC(C)(C)C)c(PC(=O)c2c(C(F)(F)F)cccc2C(F)(F)F)c(OC(C)(C)C)c1. The monoisotopic (exact) mass is 566 g/mol. The number of alkyl halides is 6. The molecule has 0 saturated heterocycles. The van der Waals surface area contributed by atoms with Crippen molar-refractivity contribution in [3.63, 3.8) is 0 Å². The molecule has 2 aromatic rings. The number of benzene rings is 2. The minimum atomic E-state index is -5.18. The molecule has 0 aliphatic carbocycles. The van der Waals surface area contributed by atoms with E-state index in [-0.39, 0.29) is 16.8 Å². The topological polar surface area (TPSA) is 44.8 Å². The summed E-state index contributed by atoms with van der Waals surface area (Å²) in [7, 11) is -1.18. The highest BCUT2D eigenvalue weighted by Crippen LogP contribution is 2.44. The summed E-state index contributed by atoms with van der Waals surface area (Å²) < 4.78 is 100. The van der Waals surface area contributed by atoms with E-state index in [2.05, 4.69) is 0 Å². The number of ether oxygens (including phenoxy) is 3. The number of hydrogen-bond donors (Lipinski definition) is 0. The molecule has 0 fully saturated rings. The van der Waals surface area contributed by atoms with E-state index in [0.29, 0.717) is 23.9 Å². The van der Waals surface area contributed by atoms with Crippen LogP contribution in [0.1, 0.15) is 83.8 Å². The highest BCUT2D eigenvalue weighted by atomic mass is 31.1. The number of carbonyl (C=O) groups excluding carboxylic acids is 1. The molecule has 38 heavy (non-hydrogen) atoms. The van der Waals surface area contributed by atoms with Crippen molar-refractivity contribution in [2.75, 3.05) is 0 Å². The Morgan fingerprint density at radius 1 is 0.658 bits per heavy atom. The highest BCUT2D eigenvalue weighted by molar-refractivity contribution is 7.66. The lowest BCUT2D eigenvalue weighted by Gasteiger charge is -2.29. The predicted octanol–water partition coefficient (Wildman–Crippen LogP) is 8.40. The Morgan fingerprint density at radius 3 is 1.34 bits per heavy atom. The largest absolute Gasteiger partial charge is 0.488 e. The Balaban J connectivity index is 2.83. The zero-order valence-corrected chi connectivity index (χ0v) is 23.8. The lowest BCUT2D eigenvalue weighted by Crippen LogP contribution is -2.30. The van der Waals surface area contributed by atoms with Gasteiger partial charge in [-0.05, 0) is 83.0 Å². The first-order chi connectivity index (χ1) is 16.9. The van der Waals surface area contributed by atoms with Crippen molar-refractivity contribution in [2.24, 2.45) is 0 Å². The molecule has 0 amide bonds.